The molecule has 0 heterocycles. The average molecular weight is 1780 g/mol. The molecule has 0 bridgehead atoms. The Labute approximate surface area is 816 Å². The number of rotatable bonds is 10. The van der Waals surface area contributed by atoms with E-state index in [2.05, 4.69) is 537 Å². The van der Waals surface area contributed by atoms with E-state index < -0.39 is 0 Å². The van der Waals surface area contributed by atoms with Crippen LogP contribution in [0, 0.1) is 0 Å². The van der Waals surface area contributed by atoms with Crippen molar-refractivity contribution in [2.75, 3.05) is 0 Å². The van der Waals surface area contributed by atoms with Gasteiger partial charge < -0.3 is 0 Å². The first-order valence-electron chi connectivity index (χ1n) is 49.1. The standard InChI is InChI=1S/C50H32.C49H34.C41H30/c1-3-13-38-30-41(26-22-33(38)10-1)49-45-17-7-8-18-46(45)50(42-27-23-34-11-2-4-14-39(34)31-42)48-32-40(28-29-47(48)49)35-20-24-37(25-21-35)44-19-9-15-36-12-5-6-16-43(36)44;1-49(2)45-18-10-9-15-39(45)40-25-23-36(30-46(40)49)35-24-26-43-44(29-35)48(38-22-20-32-12-4-6-14-34(32)28-38)42-17-8-7-16-41(42)47(43)37-21-19-31-11-3-5-13-33(31)27-37;1-41(2)37-20-12-11-17-31(37)32-23-21-30(26-38(32)41)29-22-24-35-36(25-29)40(28-15-7-4-8-16-28)34-19-10-9-18-33(34)39(35)27-13-5-3-6-14-27/h1-32H;3-30H,1-2H3;3-26H,1-2H3. The van der Waals surface area contributed by atoms with Crippen LogP contribution in [0.2, 0.25) is 0 Å². The molecule has 0 aromatic heterocycles. The fraction of sp³-hybridized carbons (Fsp3) is 0.0429. The molecule has 0 aliphatic heterocycles. The molecule has 0 unspecified atom stereocenters. The summed E-state index contributed by atoms with van der Waals surface area (Å²) in [6, 6.07) is 188. The minimum Gasteiger partial charge on any atom is -0.0622 e. The van der Waals surface area contributed by atoms with Crippen molar-refractivity contribution in [1.29, 1.82) is 0 Å². The molecule has 2 aliphatic rings. The predicted molar refractivity (Wildman–Crippen MR) is 601 cm³/mol. The monoisotopic (exact) mass is 1780 g/mol. The highest BCUT2D eigenvalue weighted by atomic mass is 14.4. The van der Waals surface area contributed by atoms with E-state index in [0.29, 0.717) is 0 Å². The Hall–Kier alpha value is -17.4. The summed E-state index contributed by atoms with van der Waals surface area (Å²) in [6.07, 6.45) is 0. The Morgan fingerprint density at radius 3 is 0.707 bits per heavy atom. The third-order valence-electron chi connectivity index (χ3n) is 30.5. The van der Waals surface area contributed by atoms with Crippen LogP contribution in [0.5, 0.6) is 0 Å². The predicted octanol–water partition coefficient (Wildman–Crippen LogP) is 39.0. The van der Waals surface area contributed by atoms with Gasteiger partial charge in [-0.25, -0.2) is 0 Å². The van der Waals surface area contributed by atoms with Crippen LogP contribution in [-0.2, 0) is 10.8 Å². The van der Waals surface area contributed by atoms with Crippen LogP contribution in [0.3, 0.4) is 0 Å². The maximum Gasteiger partial charge on any atom is 0.0159 e. The van der Waals surface area contributed by atoms with Gasteiger partial charge >= 0.3 is 0 Å². The molecule has 26 aromatic carbocycles. The van der Waals surface area contributed by atoms with Gasteiger partial charge in [-0.05, 0) is 329 Å². The number of benzene rings is 26. The molecule has 2 aliphatic carbocycles. The van der Waals surface area contributed by atoms with E-state index in [0.717, 1.165) is 0 Å². The number of hydrogen-bond donors (Lipinski definition) is 0. The zero-order chi connectivity index (χ0) is 93.3. The second-order valence-electron chi connectivity index (χ2n) is 39.1. The molecule has 0 nitrogen and oxygen atoms in total. The van der Waals surface area contributed by atoms with E-state index >= 15 is 0 Å². The van der Waals surface area contributed by atoms with Crippen LogP contribution >= 0.6 is 0 Å². The third-order valence-corrected chi connectivity index (χ3v) is 30.5. The maximum absolute atomic E-state index is 2.45. The first kappa shape index (κ1) is 83.2. The smallest absolute Gasteiger partial charge is 0.0159 e. The van der Waals surface area contributed by atoms with Gasteiger partial charge in [-0.15, -0.1) is 0 Å². The summed E-state index contributed by atoms with van der Waals surface area (Å²) in [6.45, 7) is 9.44. The molecule has 26 aromatic rings. The third kappa shape index (κ3) is 14.1. The Bertz CT molecular complexity index is 9530. The molecule has 0 saturated carbocycles. The van der Waals surface area contributed by atoms with Gasteiger partial charge in [0.1, 0.15) is 0 Å². The minimum atomic E-state index is -0.0471. The maximum atomic E-state index is 2.45. The molecular weight excluding hydrogens is 1680 g/mol. The van der Waals surface area contributed by atoms with Crippen molar-refractivity contribution in [2.24, 2.45) is 0 Å². The molecule has 0 radical (unpaired) electrons. The summed E-state index contributed by atoms with van der Waals surface area (Å²) in [5.41, 5.74) is 36.1. The lowest BCUT2D eigenvalue weighted by Crippen LogP contribution is -2.14. The van der Waals surface area contributed by atoms with Gasteiger partial charge in [0.25, 0.3) is 0 Å². The topological polar surface area (TPSA) is 0 Å². The normalized spacial score (nSPS) is 12.7. The molecule has 0 spiro atoms. The lowest BCUT2D eigenvalue weighted by Gasteiger charge is -2.22. The van der Waals surface area contributed by atoms with Gasteiger partial charge in [-0.2, -0.15) is 0 Å². The summed E-state index contributed by atoms with van der Waals surface area (Å²) in [7, 11) is 0. The number of hydrogen-bond acceptors (Lipinski definition) is 0. The van der Waals surface area contributed by atoms with Crippen molar-refractivity contribution in [2.45, 2.75) is 38.5 Å². The van der Waals surface area contributed by atoms with Crippen molar-refractivity contribution < 1.29 is 0 Å². The van der Waals surface area contributed by atoms with Gasteiger partial charge in [0.15, 0.2) is 0 Å². The molecule has 28 rings (SSSR count). The van der Waals surface area contributed by atoms with E-state index in [1.54, 1.807) is 0 Å². The van der Waals surface area contributed by atoms with Crippen molar-refractivity contribution in [3.8, 4) is 134 Å². The summed E-state index contributed by atoms with van der Waals surface area (Å²) in [4.78, 5) is 0. The van der Waals surface area contributed by atoms with Crippen molar-refractivity contribution in [1.82, 2.24) is 0 Å². The highest BCUT2D eigenvalue weighted by Gasteiger charge is 2.37. The van der Waals surface area contributed by atoms with Crippen LogP contribution in [0.4, 0.5) is 0 Å². The largest absolute Gasteiger partial charge is 0.0622 e. The lowest BCUT2D eigenvalue weighted by molar-refractivity contribution is 0.660. The second-order valence-corrected chi connectivity index (χ2v) is 39.1. The zero-order valence-electron chi connectivity index (χ0n) is 78.5. The van der Waals surface area contributed by atoms with Crippen LogP contribution in [0.15, 0.2) is 510 Å². The molecule has 0 amide bonds. The lowest BCUT2D eigenvalue weighted by atomic mass is 9.81. The van der Waals surface area contributed by atoms with Gasteiger partial charge in [0.05, 0.1) is 0 Å². The van der Waals surface area contributed by atoms with Crippen molar-refractivity contribution in [3.05, 3.63) is 532 Å². The van der Waals surface area contributed by atoms with Crippen LogP contribution in [0.1, 0.15) is 49.9 Å². The van der Waals surface area contributed by atoms with E-state index in [1.807, 2.05) is 0 Å². The van der Waals surface area contributed by atoms with Gasteiger partial charge in [0, 0.05) is 10.8 Å². The van der Waals surface area contributed by atoms with E-state index in [-0.39, 0.29) is 10.8 Å². The van der Waals surface area contributed by atoms with E-state index in [9.17, 15) is 0 Å². The van der Waals surface area contributed by atoms with E-state index in [1.165, 1.54) is 274 Å². The summed E-state index contributed by atoms with van der Waals surface area (Å²) in [5, 5.41) is 27.9. The Balaban J connectivity index is 0.000000109. The molecule has 656 valence electrons. The van der Waals surface area contributed by atoms with Crippen LogP contribution in [0.25, 0.3) is 252 Å². The first-order valence-corrected chi connectivity index (χ1v) is 49.1. The van der Waals surface area contributed by atoms with E-state index in [4.69, 9.17) is 0 Å². The SMILES string of the molecule is CC1(C)c2ccccc2-c2ccc(-c3ccc4c(-c5ccc6ccccc6c5)c5ccccc5c(-c5ccc6ccccc6c5)c4c3)cc21.CC1(C)c2ccccc2-c2ccc(-c3ccc4c(-c5ccccc5)c5ccccc5c(-c5ccccc5)c4c3)cc21.c1ccc2cc(-c3c4ccccc4c(-c4ccc5ccccc5c4)c4cc(-c5ccc(-c6cccc7ccccc67)cc5)ccc34)ccc2c1. The summed E-state index contributed by atoms with van der Waals surface area (Å²) >= 11 is 0. The first-order chi connectivity index (χ1) is 68.9. The molecule has 0 saturated heterocycles. The van der Waals surface area contributed by atoms with Crippen molar-refractivity contribution >= 4 is 118 Å². The van der Waals surface area contributed by atoms with Crippen LogP contribution < -0.4 is 0 Å². The molecule has 0 atom stereocenters. The molecular formula is C140H96. The highest BCUT2D eigenvalue weighted by molar-refractivity contribution is 6.26. The molecule has 0 N–H and O–H groups in total. The minimum absolute atomic E-state index is 0.0231. The van der Waals surface area contributed by atoms with Gasteiger partial charge in [-0.1, -0.05) is 483 Å². The van der Waals surface area contributed by atoms with Crippen LogP contribution in [-0.4, -0.2) is 0 Å². The fourth-order valence-corrected chi connectivity index (χ4v) is 23.6. The summed E-state index contributed by atoms with van der Waals surface area (Å²) < 4.78 is 0. The number of fused-ring (bicyclic) bond motifs is 17. The average Bonchev–Trinajstić information content (AvgIpc) is 1.11. The molecule has 140 heavy (non-hydrogen) atoms. The molecule has 0 fully saturated rings. The van der Waals surface area contributed by atoms with Gasteiger partial charge in [-0.3, -0.25) is 0 Å². The highest BCUT2D eigenvalue weighted by Crippen LogP contribution is 2.55. The zero-order valence-corrected chi connectivity index (χ0v) is 78.5. The Morgan fingerprint density at radius 1 is 0.107 bits per heavy atom. The Morgan fingerprint density at radius 2 is 0.336 bits per heavy atom. The quantitative estimate of drug-likeness (QED) is 0.120. The van der Waals surface area contributed by atoms with Crippen molar-refractivity contribution in [3.63, 3.8) is 0 Å². The van der Waals surface area contributed by atoms with Gasteiger partial charge in [0.2, 0.25) is 0 Å². The Kier molecular flexibility index (Phi) is 20.1. The molecule has 0 heteroatoms. The second kappa shape index (κ2) is 33.8. The summed E-state index contributed by atoms with van der Waals surface area (Å²) in [5.74, 6) is 0. The fourth-order valence-electron chi connectivity index (χ4n) is 23.6.